The zero-order chi connectivity index (χ0) is 21.2. The molecule has 4 nitrogen and oxygen atoms in total. The molecule has 1 aliphatic rings. The topological polar surface area (TPSA) is 64.3 Å². The van der Waals surface area contributed by atoms with Crippen LogP contribution in [0.2, 0.25) is 5.02 Å². The monoisotopic (exact) mass is 408 g/mol. The van der Waals surface area contributed by atoms with Crippen molar-refractivity contribution < 1.29 is 9.53 Å². The van der Waals surface area contributed by atoms with Gasteiger partial charge in [0.05, 0.1) is 10.6 Å². The lowest BCUT2D eigenvalue weighted by atomic mass is 9.94. The number of carbonyl (C=O) groups is 1. The van der Waals surface area contributed by atoms with E-state index in [1.54, 1.807) is 36.5 Å². The Labute approximate surface area is 176 Å². The number of aryl methyl sites for hydroxylation is 1. The molecule has 2 aromatic carbocycles. The van der Waals surface area contributed by atoms with Gasteiger partial charge in [-0.25, -0.2) is 0 Å². The second-order valence-electron chi connectivity index (χ2n) is 7.73. The highest BCUT2D eigenvalue weighted by atomic mass is 35.5. The molecule has 0 atom stereocenters. The molecule has 0 unspecified atom stereocenters. The molecule has 0 spiro atoms. The number of hydrogen-bond acceptors (Lipinski definition) is 3. The van der Waals surface area contributed by atoms with Crippen molar-refractivity contribution in [1.29, 1.82) is 0 Å². The molecule has 0 aromatic heterocycles. The molecular weight excluding hydrogens is 384 g/mol. The Morgan fingerprint density at radius 1 is 1.24 bits per heavy atom. The Hall–Kier alpha value is -2.98. The van der Waals surface area contributed by atoms with Crippen LogP contribution in [0, 0.1) is 6.92 Å². The van der Waals surface area contributed by atoms with Gasteiger partial charge in [-0.05, 0) is 73.4 Å². The van der Waals surface area contributed by atoms with Gasteiger partial charge in [-0.1, -0.05) is 36.4 Å². The van der Waals surface area contributed by atoms with Crippen molar-refractivity contribution in [2.24, 2.45) is 5.73 Å². The summed E-state index contributed by atoms with van der Waals surface area (Å²) in [4.78, 5) is 12.4. The molecular formula is C24H25ClN2O2. The first-order valence-electron chi connectivity index (χ1n) is 9.38. The van der Waals surface area contributed by atoms with Crippen molar-refractivity contribution in [1.82, 2.24) is 5.32 Å². The first kappa shape index (κ1) is 20.7. The fraction of sp³-hybridized carbons (Fsp3) is 0.208. The van der Waals surface area contributed by atoms with Crippen LogP contribution in [0.15, 0.2) is 67.0 Å². The van der Waals surface area contributed by atoms with E-state index in [-0.39, 0.29) is 11.5 Å². The summed E-state index contributed by atoms with van der Waals surface area (Å²) in [5.74, 6) is 0.615. The van der Waals surface area contributed by atoms with Gasteiger partial charge in [0.25, 0.3) is 5.91 Å². The Morgan fingerprint density at radius 3 is 2.66 bits per heavy atom. The van der Waals surface area contributed by atoms with E-state index < -0.39 is 0 Å². The first-order chi connectivity index (χ1) is 13.7. The summed E-state index contributed by atoms with van der Waals surface area (Å²) in [6.07, 6.45) is 5.96. The molecule has 1 amide bonds. The third-order valence-corrected chi connectivity index (χ3v) is 5.09. The fourth-order valence-electron chi connectivity index (χ4n) is 3.39. The molecule has 0 saturated carbocycles. The third-order valence-electron chi connectivity index (χ3n) is 4.76. The summed E-state index contributed by atoms with van der Waals surface area (Å²) in [6.45, 7) is 10.1. The van der Waals surface area contributed by atoms with E-state index in [1.165, 1.54) is 0 Å². The average molecular weight is 409 g/mol. The number of amides is 1. The van der Waals surface area contributed by atoms with Crippen LogP contribution in [0.1, 0.15) is 40.9 Å². The molecule has 5 heteroatoms. The van der Waals surface area contributed by atoms with E-state index in [0.717, 1.165) is 34.4 Å². The maximum Gasteiger partial charge on any atom is 0.257 e. The molecule has 0 radical (unpaired) electrons. The standard InChI is InChI=1S/C24H25ClN2O2/c1-15-11-22-18(13-24(3,4)29-22)12-20(15)17(14-26)10-9-16(2)27-23(28)19-7-5-6-8-21(19)25/h5-12,14H,2,13,26H2,1,3-4H3,(H,27,28)/b10-9-,17-14+. The zero-order valence-corrected chi connectivity index (χ0v) is 17.6. The number of hydrogen-bond donors (Lipinski definition) is 2. The summed E-state index contributed by atoms with van der Waals surface area (Å²) in [7, 11) is 0. The number of halogens is 1. The van der Waals surface area contributed by atoms with Gasteiger partial charge in [-0.3, -0.25) is 4.79 Å². The van der Waals surface area contributed by atoms with Gasteiger partial charge in [0.15, 0.2) is 0 Å². The van der Waals surface area contributed by atoms with Gasteiger partial charge in [-0.2, -0.15) is 0 Å². The van der Waals surface area contributed by atoms with Crippen LogP contribution in [0.25, 0.3) is 5.57 Å². The molecule has 150 valence electrons. The van der Waals surface area contributed by atoms with Crippen molar-refractivity contribution in [3.8, 4) is 5.75 Å². The quantitative estimate of drug-likeness (QED) is 0.671. The maximum atomic E-state index is 12.4. The fourth-order valence-corrected chi connectivity index (χ4v) is 3.61. The lowest BCUT2D eigenvalue weighted by Crippen LogP contribution is -2.24. The number of rotatable bonds is 5. The molecule has 3 N–H and O–H groups in total. The summed E-state index contributed by atoms with van der Waals surface area (Å²) in [5, 5.41) is 3.13. The van der Waals surface area contributed by atoms with Crippen molar-refractivity contribution in [3.63, 3.8) is 0 Å². The van der Waals surface area contributed by atoms with Crippen LogP contribution in [0.3, 0.4) is 0 Å². The smallest absolute Gasteiger partial charge is 0.257 e. The van der Waals surface area contributed by atoms with Crippen LogP contribution in [-0.4, -0.2) is 11.5 Å². The molecule has 0 aliphatic carbocycles. The van der Waals surface area contributed by atoms with Crippen LogP contribution < -0.4 is 15.8 Å². The number of ether oxygens (including phenoxy) is 1. The van der Waals surface area contributed by atoms with E-state index in [9.17, 15) is 4.79 Å². The largest absolute Gasteiger partial charge is 0.487 e. The van der Waals surface area contributed by atoms with Crippen molar-refractivity contribution >= 4 is 23.1 Å². The molecule has 1 aliphatic heterocycles. The minimum atomic E-state index is -0.309. The predicted molar refractivity (Wildman–Crippen MR) is 119 cm³/mol. The highest BCUT2D eigenvalue weighted by Crippen LogP contribution is 2.38. The third kappa shape index (κ3) is 4.72. The molecule has 2 aromatic rings. The SMILES string of the molecule is C=C(/C=C\C(=C/N)c1cc2c(cc1C)OC(C)(C)C2)NC(=O)c1ccccc1Cl. The molecule has 29 heavy (non-hydrogen) atoms. The molecule has 3 rings (SSSR count). The van der Waals surface area contributed by atoms with Crippen LogP contribution in [0.4, 0.5) is 0 Å². The molecule has 1 heterocycles. The van der Waals surface area contributed by atoms with Gasteiger partial charge < -0.3 is 15.8 Å². The van der Waals surface area contributed by atoms with Gasteiger partial charge >= 0.3 is 0 Å². The summed E-state index contributed by atoms with van der Waals surface area (Å²) in [6, 6.07) is 11.0. The second-order valence-corrected chi connectivity index (χ2v) is 8.14. The lowest BCUT2D eigenvalue weighted by molar-refractivity contribution is 0.0967. The summed E-state index contributed by atoms with van der Waals surface area (Å²) < 4.78 is 6.00. The summed E-state index contributed by atoms with van der Waals surface area (Å²) >= 11 is 6.07. The van der Waals surface area contributed by atoms with E-state index in [2.05, 4.69) is 31.8 Å². The first-order valence-corrected chi connectivity index (χ1v) is 9.75. The number of carbonyl (C=O) groups excluding carboxylic acids is 1. The van der Waals surface area contributed by atoms with E-state index in [1.807, 2.05) is 19.1 Å². The van der Waals surface area contributed by atoms with E-state index in [0.29, 0.717) is 16.3 Å². The normalized spacial score (nSPS) is 15.1. The van der Waals surface area contributed by atoms with Gasteiger partial charge in [-0.15, -0.1) is 0 Å². The van der Waals surface area contributed by atoms with Gasteiger partial charge in [0, 0.05) is 18.3 Å². The van der Waals surface area contributed by atoms with Crippen LogP contribution in [0.5, 0.6) is 5.75 Å². The number of nitrogens with one attached hydrogen (secondary N) is 1. The van der Waals surface area contributed by atoms with Crippen molar-refractivity contribution in [2.45, 2.75) is 32.8 Å². The average Bonchev–Trinajstić information content (AvgIpc) is 2.95. The number of nitrogens with two attached hydrogens (primary N) is 1. The Kier molecular flexibility index (Phi) is 5.85. The minimum absolute atomic E-state index is 0.201. The zero-order valence-electron chi connectivity index (χ0n) is 16.9. The second kappa shape index (κ2) is 8.18. The van der Waals surface area contributed by atoms with E-state index >= 15 is 0 Å². The minimum Gasteiger partial charge on any atom is -0.487 e. The highest BCUT2D eigenvalue weighted by Gasteiger charge is 2.30. The maximum absolute atomic E-state index is 12.4. The summed E-state index contributed by atoms with van der Waals surface area (Å²) in [5.41, 5.74) is 10.6. The number of benzene rings is 2. The Bertz CT molecular complexity index is 1040. The highest BCUT2D eigenvalue weighted by molar-refractivity contribution is 6.33. The van der Waals surface area contributed by atoms with Gasteiger partial charge in [0.2, 0.25) is 0 Å². The number of fused-ring (bicyclic) bond motifs is 1. The Morgan fingerprint density at radius 2 is 1.97 bits per heavy atom. The van der Waals surface area contributed by atoms with Crippen LogP contribution in [-0.2, 0) is 6.42 Å². The van der Waals surface area contributed by atoms with Gasteiger partial charge in [0.1, 0.15) is 11.4 Å². The van der Waals surface area contributed by atoms with Crippen LogP contribution >= 0.6 is 11.6 Å². The lowest BCUT2D eigenvalue weighted by Gasteiger charge is -2.16. The van der Waals surface area contributed by atoms with E-state index in [4.69, 9.17) is 22.1 Å². The number of allylic oxidation sites excluding steroid dienone is 3. The Balaban J connectivity index is 1.75. The molecule has 0 fully saturated rings. The van der Waals surface area contributed by atoms with Crippen molar-refractivity contribution in [2.75, 3.05) is 0 Å². The predicted octanol–water partition coefficient (Wildman–Crippen LogP) is 5.16. The molecule has 0 saturated heterocycles. The molecule has 0 bridgehead atoms. The van der Waals surface area contributed by atoms with Crippen molar-refractivity contribution in [3.05, 3.63) is 94.3 Å².